The zero-order chi connectivity index (χ0) is 9.19. The van der Waals surface area contributed by atoms with E-state index in [1.165, 1.54) is 5.56 Å². The van der Waals surface area contributed by atoms with Gasteiger partial charge in [0.25, 0.3) is 0 Å². The van der Waals surface area contributed by atoms with E-state index in [0.717, 1.165) is 5.75 Å². The Kier molecular flexibility index (Phi) is 2.97. The van der Waals surface area contributed by atoms with Crippen LogP contribution in [-0.4, -0.2) is 0 Å². The van der Waals surface area contributed by atoms with Crippen molar-refractivity contribution in [3.05, 3.63) is 29.8 Å². The summed E-state index contributed by atoms with van der Waals surface area (Å²) in [4.78, 5) is 0. The zero-order valence-electron chi connectivity index (χ0n) is 7.72. The predicted octanol–water partition coefficient (Wildman–Crippen LogP) is 2.82. The molecule has 0 radical (unpaired) electrons. The van der Waals surface area contributed by atoms with Crippen LogP contribution < -0.4 is 3.32 Å². The summed E-state index contributed by atoms with van der Waals surface area (Å²) < 4.78 is 5.08. The summed E-state index contributed by atoms with van der Waals surface area (Å²) in [5, 5.41) is 0. The molecule has 0 bridgehead atoms. The Morgan fingerprint density at radius 1 is 1.08 bits per heavy atom. The maximum absolute atomic E-state index is 5.08. The molecule has 0 saturated heterocycles. The van der Waals surface area contributed by atoms with E-state index in [1.54, 1.807) is 20.8 Å². The van der Waals surface area contributed by atoms with Crippen molar-refractivity contribution >= 4 is 0 Å². The Bertz CT molecular complexity index is 246. The summed E-state index contributed by atoms with van der Waals surface area (Å²) in [5.74, 6) is 0.919. The minimum absolute atomic E-state index is 0.228. The van der Waals surface area contributed by atoms with E-state index in [0.29, 0.717) is 0 Å². The molecular formula is C10H13OTi. The van der Waals surface area contributed by atoms with Crippen LogP contribution in [-0.2, 0) is 26.2 Å². The predicted molar refractivity (Wildman–Crippen MR) is 45.8 cm³/mol. The van der Waals surface area contributed by atoms with Gasteiger partial charge in [0, 0.05) is 0 Å². The van der Waals surface area contributed by atoms with Crippen molar-refractivity contribution < 1.29 is 24.1 Å². The van der Waals surface area contributed by atoms with Crippen LogP contribution in [0, 0.1) is 0 Å². The van der Waals surface area contributed by atoms with Crippen molar-refractivity contribution in [2.24, 2.45) is 0 Å². The first-order chi connectivity index (χ1) is 5.54. The fourth-order valence-corrected chi connectivity index (χ4v) is 1.24. The molecule has 1 aromatic carbocycles. The van der Waals surface area contributed by atoms with Crippen LogP contribution in [0.1, 0.15) is 26.3 Å². The fourth-order valence-electron chi connectivity index (χ4n) is 1.02. The van der Waals surface area contributed by atoms with E-state index in [9.17, 15) is 0 Å². The van der Waals surface area contributed by atoms with Crippen molar-refractivity contribution in [3.63, 3.8) is 0 Å². The monoisotopic (exact) mass is 197 g/mol. The van der Waals surface area contributed by atoms with Crippen LogP contribution in [0.4, 0.5) is 0 Å². The molecule has 0 aliphatic carbocycles. The van der Waals surface area contributed by atoms with Gasteiger partial charge in [0.1, 0.15) is 0 Å². The van der Waals surface area contributed by atoms with Crippen molar-refractivity contribution in [1.29, 1.82) is 0 Å². The van der Waals surface area contributed by atoms with Gasteiger partial charge < -0.3 is 0 Å². The molecule has 63 valence electrons. The van der Waals surface area contributed by atoms with E-state index in [4.69, 9.17) is 3.32 Å². The average molecular weight is 197 g/mol. The standard InChI is InChI=1S/C10H14O.Ti/c1-10(2,3)8-4-6-9(11)7-5-8;/h4-7,11H,1-3H3;/q;+1/p-1. The number of hydrogen-bond acceptors (Lipinski definition) is 1. The molecule has 1 nitrogen and oxygen atoms in total. The second kappa shape index (κ2) is 3.63. The molecule has 0 N–H and O–H groups in total. The van der Waals surface area contributed by atoms with E-state index >= 15 is 0 Å². The van der Waals surface area contributed by atoms with Gasteiger partial charge in [-0.1, -0.05) is 0 Å². The Labute approximate surface area is 86.0 Å². The van der Waals surface area contributed by atoms with Gasteiger partial charge in [0.05, 0.1) is 0 Å². The summed E-state index contributed by atoms with van der Waals surface area (Å²) in [6, 6.07) is 8.22. The molecule has 2 heteroatoms. The zero-order valence-corrected chi connectivity index (χ0v) is 9.28. The first-order valence-electron chi connectivity index (χ1n) is 3.98. The quantitative estimate of drug-likeness (QED) is 0.629. The van der Waals surface area contributed by atoms with Crippen LogP contribution in [0.5, 0.6) is 5.75 Å². The molecule has 0 spiro atoms. The third-order valence-corrected chi connectivity index (χ3v) is 2.21. The molecular weight excluding hydrogens is 184 g/mol. The average Bonchev–Trinajstić information content (AvgIpc) is 2.03. The Morgan fingerprint density at radius 2 is 1.58 bits per heavy atom. The summed E-state index contributed by atoms with van der Waals surface area (Å²) in [6.45, 7) is 6.61. The van der Waals surface area contributed by atoms with Gasteiger partial charge >= 0.3 is 85.9 Å². The van der Waals surface area contributed by atoms with Crippen LogP contribution in [0.25, 0.3) is 0 Å². The Hall–Kier alpha value is -0.266. The van der Waals surface area contributed by atoms with E-state index in [-0.39, 0.29) is 5.41 Å². The second-order valence-corrected chi connectivity index (χ2v) is 4.20. The van der Waals surface area contributed by atoms with Gasteiger partial charge in [-0.15, -0.1) is 0 Å². The van der Waals surface area contributed by atoms with Crippen molar-refractivity contribution in [2.75, 3.05) is 0 Å². The Morgan fingerprint density at radius 3 is 1.92 bits per heavy atom. The number of benzene rings is 1. The molecule has 0 aliphatic heterocycles. The van der Waals surface area contributed by atoms with Gasteiger partial charge in [0.15, 0.2) is 0 Å². The third kappa shape index (κ3) is 2.36. The molecule has 1 rings (SSSR count). The molecule has 0 atom stereocenters. The van der Waals surface area contributed by atoms with E-state index < -0.39 is 0 Å². The Balaban J connectivity index is 2.93. The summed E-state index contributed by atoms with van der Waals surface area (Å²) >= 11 is 1.69. The first kappa shape index (κ1) is 9.82. The summed E-state index contributed by atoms with van der Waals surface area (Å²) in [6.07, 6.45) is 0. The molecule has 0 amide bonds. The first-order valence-corrected chi connectivity index (χ1v) is 4.62. The molecule has 0 aliphatic rings. The number of hydrogen-bond donors (Lipinski definition) is 0. The fraction of sp³-hybridized carbons (Fsp3) is 0.400. The van der Waals surface area contributed by atoms with Crippen LogP contribution in [0.3, 0.4) is 0 Å². The summed E-state index contributed by atoms with van der Waals surface area (Å²) in [5.41, 5.74) is 1.56. The molecule has 12 heavy (non-hydrogen) atoms. The maximum atomic E-state index is 5.08. The normalized spacial score (nSPS) is 11.2. The van der Waals surface area contributed by atoms with Crippen LogP contribution in [0.2, 0.25) is 0 Å². The molecule has 0 saturated carbocycles. The van der Waals surface area contributed by atoms with E-state index in [2.05, 4.69) is 32.9 Å². The van der Waals surface area contributed by atoms with Gasteiger partial charge in [-0.05, 0) is 0 Å². The second-order valence-electron chi connectivity index (χ2n) is 3.88. The number of rotatable bonds is 1. The van der Waals surface area contributed by atoms with Gasteiger partial charge in [-0.25, -0.2) is 0 Å². The van der Waals surface area contributed by atoms with E-state index in [1.807, 2.05) is 12.1 Å². The van der Waals surface area contributed by atoms with Crippen LogP contribution in [0.15, 0.2) is 24.3 Å². The van der Waals surface area contributed by atoms with Crippen molar-refractivity contribution in [2.45, 2.75) is 26.2 Å². The third-order valence-electron chi connectivity index (χ3n) is 1.84. The summed E-state index contributed by atoms with van der Waals surface area (Å²) in [7, 11) is 0. The van der Waals surface area contributed by atoms with Crippen LogP contribution >= 0.6 is 0 Å². The van der Waals surface area contributed by atoms with Gasteiger partial charge in [-0.2, -0.15) is 0 Å². The topological polar surface area (TPSA) is 9.23 Å². The molecule has 0 fully saturated rings. The van der Waals surface area contributed by atoms with Gasteiger partial charge in [0.2, 0.25) is 0 Å². The molecule has 0 heterocycles. The minimum atomic E-state index is 0.228. The molecule has 0 unspecified atom stereocenters. The van der Waals surface area contributed by atoms with Crippen molar-refractivity contribution in [1.82, 2.24) is 0 Å². The molecule has 1 aromatic rings. The molecule has 0 aromatic heterocycles. The van der Waals surface area contributed by atoms with Crippen molar-refractivity contribution in [3.8, 4) is 5.75 Å². The SMILES string of the molecule is CC(C)(C)c1ccc([O][Ti])cc1. The van der Waals surface area contributed by atoms with Gasteiger partial charge in [-0.3, -0.25) is 0 Å².